The van der Waals surface area contributed by atoms with E-state index in [-0.39, 0.29) is 0 Å². The summed E-state index contributed by atoms with van der Waals surface area (Å²) in [5, 5.41) is 3.72. The van der Waals surface area contributed by atoms with Crippen LogP contribution >= 0.6 is 0 Å². The van der Waals surface area contributed by atoms with Crippen LogP contribution in [0.2, 0.25) is 0 Å². The third kappa shape index (κ3) is 3.38. The quantitative estimate of drug-likeness (QED) is 0.893. The molecule has 1 aromatic rings. The van der Waals surface area contributed by atoms with Crippen LogP contribution in [-0.2, 0) is 0 Å². The summed E-state index contributed by atoms with van der Waals surface area (Å²) in [6.07, 6.45) is 12.4. The van der Waals surface area contributed by atoms with Crippen LogP contribution < -0.4 is 5.32 Å². The van der Waals surface area contributed by atoms with E-state index in [0.717, 1.165) is 30.3 Å². The minimum Gasteiger partial charge on any atom is -0.314 e. The standard InChI is InChI=1S/C17H27N3/c1-12(2)13-3-4-14(10-20-15-5-6-15)16(9-13)17-11-18-7-8-19-17/h7-8,11-16,20H,3-6,9-10H2,1-2H3. The van der Waals surface area contributed by atoms with E-state index in [4.69, 9.17) is 0 Å². The molecule has 3 atom stereocenters. The third-order valence-electron chi connectivity index (χ3n) is 5.19. The zero-order valence-corrected chi connectivity index (χ0v) is 12.8. The highest BCUT2D eigenvalue weighted by Crippen LogP contribution is 2.42. The maximum atomic E-state index is 4.60. The van der Waals surface area contributed by atoms with Crippen molar-refractivity contribution in [2.24, 2.45) is 17.8 Å². The van der Waals surface area contributed by atoms with Gasteiger partial charge in [0, 0.05) is 30.6 Å². The minimum absolute atomic E-state index is 0.594. The van der Waals surface area contributed by atoms with Gasteiger partial charge >= 0.3 is 0 Å². The summed E-state index contributed by atoms with van der Waals surface area (Å²) in [4.78, 5) is 8.89. The highest BCUT2D eigenvalue weighted by atomic mass is 14.9. The second-order valence-electron chi connectivity index (χ2n) is 7.00. The number of nitrogens with one attached hydrogen (secondary N) is 1. The normalized spacial score (nSPS) is 30.6. The molecule has 1 aromatic heterocycles. The van der Waals surface area contributed by atoms with Crippen LogP contribution in [0.25, 0.3) is 0 Å². The first-order chi connectivity index (χ1) is 9.74. The van der Waals surface area contributed by atoms with Gasteiger partial charge in [0.15, 0.2) is 0 Å². The second kappa shape index (κ2) is 6.21. The van der Waals surface area contributed by atoms with E-state index in [2.05, 4.69) is 29.1 Å². The molecule has 0 bridgehead atoms. The Morgan fingerprint density at radius 3 is 2.70 bits per heavy atom. The Hall–Kier alpha value is -0.960. The lowest BCUT2D eigenvalue weighted by Gasteiger charge is -2.37. The summed E-state index contributed by atoms with van der Waals surface area (Å²) < 4.78 is 0. The van der Waals surface area contributed by atoms with Crippen LogP contribution in [0.15, 0.2) is 18.6 Å². The van der Waals surface area contributed by atoms with Gasteiger partial charge in [-0.3, -0.25) is 9.97 Å². The molecule has 20 heavy (non-hydrogen) atoms. The highest BCUT2D eigenvalue weighted by molar-refractivity contribution is 5.08. The molecular weight excluding hydrogens is 246 g/mol. The molecule has 0 aliphatic heterocycles. The van der Waals surface area contributed by atoms with Gasteiger partial charge in [-0.25, -0.2) is 0 Å². The third-order valence-corrected chi connectivity index (χ3v) is 5.19. The number of aromatic nitrogens is 2. The summed E-state index contributed by atoms with van der Waals surface area (Å²) >= 11 is 0. The number of hydrogen-bond acceptors (Lipinski definition) is 3. The van der Waals surface area contributed by atoms with Crippen LogP contribution in [0.4, 0.5) is 0 Å². The molecule has 2 aliphatic rings. The fourth-order valence-corrected chi connectivity index (χ4v) is 3.59. The average Bonchev–Trinajstić information content (AvgIpc) is 3.30. The van der Waals surface area contributed by atoms with Crippen molar-refractivity contribution < 1.29 is 0 Å². The monoisotopic (exact) mass is 273 g/mol. The Bertz CT molecular complexity index is 414. The Labute approximate surface area is 122 Å². The Balaban J connectivity index is 1.70. The van der Waals surface area contributed by atoms with Crippen LogP contribution in [0.3, 0.4) is 0 Å². The molecule has 0 aromatic carbocycles. The predicted octanol–water partition coefficient (Wildman–Crippen LogP) is 3.38. The van der Waals surface area contributed by atoms with E-state index < -0.39 is 0 Å². The van der Waals surface area contributed by atoms with Crippen molar-refractivity contribution in [3.05, 3.63) is 24.3 Å². The maximum Gasteiger partial charge on any atom is 0.0620 e. The number of rotatable bonds is 5. The zero-order valence-electron chi connectivity index (χ0n) is 12.8. The fraction of sp³-hybridized carbons (Fsp3) is 0.765. The van der Waals surface area contributed by atoms with Crippen molar-refractivity contribution in [2.75, 3.05) is 6.54 Å². The molecule has 3 unspecified atom stereocenters. The molecule has 1 heterocycles. The maximum absolute atomic E-state index is 4.60. The van der Waals surface area contributed by atoms with E-state index in [1.807, 2.05) is 12.4 Å². The first-order valence-corrected chi connectivity index (χ1v) is 8.23. The topological polar surface area (TPSA) is 37.8 Å². The molecular formula is C17H27N3. The lowest BCUT2D eigenvalue weighted by Crippen LogP contribution is -2.34. The van der Waals surface area contributed by atoms with E-state index in [1.54, 1.807) is 6.20 Å². The summed E-state index contributed by atoms with van der Waals surface area (Å²) in [5.41, 5.74) is 1.21. The first-order valence-electron chi connectivity index (χ1n) is 8.23. The molecule has 2 fully saturated rings. The van der Waals surface area contributed by atoms with Crippen LogP contribution in [-0.4, -0.2) is 22.6 Å². The van der Waals surface area contributed by atoms with Gasteiger partial charge in [-0.2, -0.15) is 0 Å². The van der Waals surface area contributed by atoms with Gasteiger partial charge < -0.3 is 5.32 Å². The lowest BCUT2D eigenvalue weighted by molar-refractivity contribution is 0.187. The number of hydrogen-bond donors (Lipinski definition) is 1. The van der Waals surface area contributed by atoms with Crippen molar-refractivity contribution in [3.63, 3.8) is 0 Å². The minimum atomic E-state index is 0.594. The molecule has 3 nitrogen and oxygen atoms in total. The molecule has 3 heteroatoms. The predicted molar refractivity (Wildman–Crippen MR) is 81.5 cm³/mol. The molecule has 1 N–H and O–H groups in total. The SMILES string of the molecule is CC(C)C1CCC(CNC2CC2)C(c2cnccn2)C1. The Morgan fingerprint density at radius 2 is 2.05 bits per heavy atom. The van der Waals surface area contributed by atoms with Gasteiger partial charge in [0.25, 0.3) is 0 Å². The molecule has 2 aliphatic carbocycles. The van der Waals surface area contributed by atoms with Crippen molar-refractivity contribution in [1.82, 2.24) is 15.3 Å². The van der Waals surface area contributed by atoms with Crippen LogP contribution in [0, 0.1) is 17.8 Å². The van der Waals surface area contributed by atoms with Gasteiger partial charge in [0.2, 0.25) is 0 Å². The number of nitrogens with zero attached hydrogens (tertiary/aromatic N) is 2. The molecule has 0 saturated heterocycles. The van der Waals surface area contributed by atoms with Crippen molar-refractivity contribution in [3.8, 4) is 0 Å². The van der Waals surface area contributed by atoms with Gasteiger partial charge in [-0.1, -0.05) is 13.8 Å². The summed E-state index contributed by atoms with van der Waals surface area (Å²) in [6.45, 7) is 5.89. The molecule has 110 valence electrons. The fourth-order valence-electron chi connectivity index (χ4n) is 3.59. The van der Waals surface area contributed by atoms with Crippen molar-refractivity contribution in [1.29, 1.82) is 0 Å². The van der Waals surface area contributed by atoms with E-state index in [1.165, 1.54) is 37.8 Å². The Morgan fingerprint density at radius 1 is 1.20 bits per heavy atom. The van der Waals surface area contributed by atoms with Gasteiger partial charge in [0.1, 0.15) is 0 Å². The zero-order chi connectivity index (χ0) is 13.9. The van der Waals surface area contributed by atoms with E-state index >= 15 is 0 Å². The van der Waals surface area contributed by atoms with Gasteiger partial charge in [-0.05, 0) is 56.4 Å². The van der Waals surface area contributed by atoms with E-state index in [9.17, 15) is 0 Å². The lowest BCUT2D eigenvalue weighted by atomic mass is 9.69. The van der Waals surface area contributed by atoms with Crippen molar-refractivity contribution in [2.45, 2.75) is 57.9 Å². The summed E-state index contributed by atoms with van der Waals surface area (Å²) in [7, 11) is 0. The molecule has 3 rings (SSSR count). The summed E-state index contributed by atoms with van der Waals surface area (Å²) in [6, 6.07) is 0.806. The largest absolute Gasteiger partial charge is 0.314 e. The second-order valence-corrected chi connectivity index (χ2v) is 7.00. The molecule has 0 spiro atoms. The van der Waals surface area contributed by atoms with Crippen molar-refractivity contribution >= 4 is 0 Å². The van der Waals surface area contributed by atoms with Crippen LogP contribution in [0.5, 0.6) is 0 Å². The highest BCUT2D eigenvalue weighted by Gasteiger charge is 2.34. The molecule has 0 radical (unpaired) electrons. The molecule has 2 saturated carbocycles. The van der Waals surface area contributed by atoms with Crippen LogP contribution in [0.1, 0.15) is 57.6 Å². The van der Waals surface area contributed by atoms with Gasteiger partial charge in [-0.15, -0.1) is 0 Å². The van der Waals surface area contributed by atoms with Gasteiger partial charge in [0.05, 0.1) is 5.69 Å². The summed E-state index contributed by atoms with van der Waals surface area (Å²) in [5.74, 6) is 2.96. The molecule has 0 amide bonds. The smallest absolute Gasteiger partial charge is 0.0620 e. The first kappa shape index (κ1) is 14.0. The Kier molecular flexibility index (Phi) is 4.35. The van der Waals surface area contributed by atoms with E-state index in [0.29, 0.717) is 5.92 Å². The average molecular weight is 273 g/mol.